The van der Waals surface area contributed by atoms with Crippen LogP contribution in [0.15, 0.2) is 30.3 Å². The van der Waals surface area contributed by atoms with Crippen molar-refractivity contribution in [3.05, 3.63) is 35.9 Å². The van der Waals surface area contributed by atoms with Gasteiger partial charge >= 0.3 is 5.97 Å². The number of hydrogen-bond acceptors (Lipinski definition) is 5. The molecule has 0 spiro atoms. The first-order chi connectivity index (χ1) is 9.65. The lowest BCUT2D eigenvalue weighted by Gasteiger charge is -2.16. The zero-order chi connectivity index (χ0) is 14.8. The molecule has 20 heavy (non-hydrogen) atoms. The van der Waals surface area contributed by atoms with E-state index < -0.39 is 18.2 Å². The van der Waals surface area contributed by atoms with Gasteiger partial charge in [0.25, 0.3) is 0 Å². The SMILES string of the molecule is CCOC(=O)[C@@H](O)[C@H](O)CCCOCc1ccccc1. The number of carbonyl (C=O) groups excluding carboxylic acids is 1. The smallest absolute Gasteiger partial charge is 0.337 e. The van der Waals surface area contributed by atoms with Crippen LogP contribution in [0.5, 0.6) is 0 Å². The summed E-state index contributed by atoms with van der Waals surface area (Å²) in [7, 11) is 0. The minimum absolute atomic E-state index is 0.183. The molecule has 0 aliphatic rings. The fraction of sp³-hybridized carbons (Fsp3) is 0.533. The minimum atomic E-state index is -1.48. The van der Waals surface area contributed by atoms with Gasteiger partial charge in [-0.15, -0.1) is 0 Å². The third-order valence-electron chi connectivity index (χ3n) is 2.79. The maximum Gasteiger partial charge on any atom is 0.337 e. The largest absolute Gasteiger partial charge is 0.464 e. The van der Waals surface area contributed by atoms with E-state index in [0.29, 0.717) is 19.6 Å². The summed E-state index contributed by atoms with van der Waals surface area (Å²) in [6, 6.07) is 9.77. The number of esters is 1. The predicted molar refractivity (Wildman–Crippen MR) is 74.0 cm³/mol. The first-order valence-corrected chi connectivity index (χ1v) is 6.79. The van der Waals surface area contributed by atoms with Gasteiger partial charge in [0, 0.05) is 6.61 Å². The first kappa shape index (κ1) is 16.6. The molecule has 0 heterocycles. The lowest BCUT2D eigenvalue weighted by atomic mass is 10.1. The van der Waals surface area contributed by atoms with Crippen LogP contribution in [0.1, 0.15) is 25.3 Å². The Morgan fingerprint density at radius 2 is 1.95 bits per heavy atom. The number of ether oxygens (including phenoxy) is 2. The van der Waals surface area contributed by atoms with E-state index in [9.17, 15) is 15.0 Å². The van der Waals surface area contributed by atoms with Crippen molar-refractivity contribution in [3.63, 3.8) is 0 Å². The molecule has 5 heteroatoms. The average molecular weight is 282 g/mol. The maximum atomic E-state index is 11.2. The van der Waals surface area contributed by atoms with Crippen LogP contribution in [0.25, 0.3) is 0 Å². The molecule has 0 bridgehead atoms. The van der Waals surface area contributed by atoms with Gasteiger partial charge in [0.05, 0.1) is 19.3 Å². The lowest BCUT2D eigenvalue weighted by Crippen LogP contribution is -2.35. The molecule has 5 nitrogen and oxygen atoms in total. The fourth-order valence-corrected chi connectivity index (χ4v) is 1.70. The van der Waals surface area contributed by atoms with Crippen LogP contribution in [0.4, 0.5) is 0 Å². The number of aliphatic hydroxyl groups is 2. The average Bonchev–Trinajstić information content (AvgIpc) is 2.47. The van der Waals surface area contributed by atoms with Crippen LogP contribution in [-0.2, 0) is 20.9 Å². The molecule has 0 radical (unpaired) electrons. The second-order valence-corrected chi connectivity index (χ2v) is 4.44. The highest BCUT2D eigenvalue weighted by molar-refractivity contribution is 5.75. The van der Waals surface area contributed by atoms with Crippen molar-refractivity contribution in [1.29, 1.82) is 0 Å². The Balaban J connectivity index is 2.13. The van der Waals surface area contributed by atoms with Gasteiger partial charge in [0.15, 0.2) is 6.10 Å². The minimum Gasteiger partial charge on any atom is -0.464 e. The molecule has 0 amide bonds. The fourth-order valence-electron chi connectivity index (χ4n) is 1.70. The molecule has 0 saturated carbocycles. The monoisotopic (exact) mass is 282 g/mol. The van der Waals surface area contributed by atoms with Crippen molar-refractivity contribution < 1.29 is 24.5 Å². The Morgan fingerprint density at radius 3 is 2.60 bits per heavy atom. The van der Waals surface area contributed by atoms with Crippen molar-refractivity contribution >= 4 is 5.97 Å². The van der Waals surface area contributed by atoms with Crippen molar-refractivity contribution in [1.82, 2.24) is 0 Å². The van der Waals surface area contributed by atoms with Crippen LogP contribution in [-0.4, -0.2) is 41.6 Å². The van der Waals surface area contributed by atoms with Gasteiger partial charge in [-0.2, -0.15) is 0 Å². The topological polar surface area (TPSA) is 76.0 Å². The summed E-state index contributed by atoms with van der Waals surface area (Å²) in [5, 5.41) is 19.1. The van der Waals surface area contributed by atoms with E-state index >= 15 is 0 Å². The molecule has 0 fully saturated rings. The van der Waals surface area contributed by atoms with Crippen LogP contribution in [0.2, 0.25) is 0 Å². The molecule has 0 aromatic heterocycles. The Bertz CT molecular complexity index is 379. The summed E-state index contributed by atoms with van der Waals surface area (Å²) in [5.41, 5.74) is 1.08. The van der Waals surface area contributed by atoms with Crippen molar-refractivity contribution in [3.8, 4) is 0 Å². The Labute approximate surface area is 119 Å². The summed E-state index contributed by atoms with van der Waals surface area (Å²) in [6.45, 7) is 2.80. The molecule has 0 aliphatic heterocycles. The van der Waals surface area contributed by atoms with Gasteiger partial charge < -0.3 is 19.7 Å². The Hall–Kier alpha value is -1.43. The van der Waals surface area contributed by atoms with Crippen LogP contribution in [0.3, 0.4) is 0 Å². The van der Waals surface area contributed by atoms with E-state index in [1.807, 2.05) is 30.3 Å². The van der Waals surface area contributed by atoms with Crippen molar-refractivity contribution in [2.75, 3.05) is 13.2 Å². The molecule has 1 rings (SSSR count). The molecule has 2 atom stereocenters. The molecular weight excluding hydrogens is 260 g/mol. The summed E-state index contributed by atoms with van der Waals surface area (Å²) >= 11 is 0. The standard InChI is InChI=1S/C15H22O5/c1-2-20-15(18)14(17)13(16)9-6-10-19-11-12-7-4-3-5-8-12/h3-5,7-8,13-14,16-17H,2,6,9-11H2,1H3/t13-,14+/m1/s1. The number of hydrogen-bond donors (Lipinski definition) is 2. The van der Waals surface area contributed by atoms with Crippen LogP contribution < -0.4 is 0 Å². The van der Waals surface area contributed by atoms with E-state index in [1.165, 1.54) is 0 Å². The second-order valence-electron chi connectivity index (χ2n) is 4.44. The van der Waals surface area contributed by atoms with Crippen LogP contribution >= 0.6 is 0 Å². The van der Waals surface area contributed by atoms with Crippen LogP contribution in [0, 0.1) is 0 Å². The van der Waals surface area contributed by atoms with E-state index in [4.69, 9.17) is 4.74 Å². The molecule has 1 aromatic carbocycles. The molecule has 0 unspecified atom stereocenters. The van der Waals surface area contributed by atoms with Crippen molar-refractivity contribution in [2.45, 2.75) is 38.6 Å². The zero-order valence-electron chi connectivity index (χ0n) is 11.7. The molecule has 0 saturated heterocycles. The summed E-state index contributed by atoms with van der Waals surface area (Å²) in [6.07, 6.45) is -1.75. The van der Waals surface area contributed by atoms with Gasteiger partial charge in [-0.1, -0.05) is 30.3 Å². The Kier molecular flexibility index (Phi) is 7.87. The molecule has 1 aromatic rings. The first-order valence-electron chi connectivity index (χ1n) is 6.79. The van der Waals surface area contributed by atoms with Crippen molar-refractivity contribution in [2.24, 2.45) is 0 Å². The summed E-state index contributed by atoms with van der Waals surface area (Å²) < 4.78 is 10.1. The van der Waals surface area contributed by atoms with E-state index in [-0.39, 0.29) is 13.0 Å². The zero-order valence-corrected chi connectivity index (χ0v) is 11.7. The quantitative estimate of drug-likeness (QED) is 0.527. The second kappa shape index (κ2) is 9.47. The van der Waals surface area contributed by atoms with E-state index in [2.05, 4.69) is 4.74 Å². The number of aliphatic hydroxyl groups excluding tert-OH is 2. The van der Waals surface area contributed by atoms with Gasteiger partial charge in [0.2, 0.25) is 0 Å². The number of carbonyl (C=O) groups is 1. The number of benzene rings is 1. The highest BCUT2D eigenvalue weighted by atomic mass is 16.5. The highest BCUT2D eigenvalue weighted by Crippen LogP contribution is 2.06. The Morgan fingerprint density at radius 1 is 1.25 bits per heavy atom. The third-order valence-corrected chi connectivity index (χ3v) is 2.79. The molecule has 2 N–H and O–H groups in total. The maximum absolute atomic E-state index is 11.2. The van der Waals surface area contributed by atoms with Gasteiger partial charge in [0.1, 0.15) is 0 Å². The third kappa shape index (κ3) is 6.14. The summed E-state index contributed by atoms with van der Waals surface area (Å²) in [5.74, 6) is -0.787. The van der Waals surface area contributed by atoms with E-state index in [0.717, 1.165) is 5.56 Å². The van der Waals surface area contributed by atoms with E-state index in [1.54, 1.807) is 6.92 Å². The highest BCUT2D eigenvalue weighted by Gasteiger charge is 2.24. The lowest BCUT2D eigenvalue weighted by molar-refractivity contribution is -0.159. The molecule has 112 valence electrons. The normalized spacial score (nSPS) is 13.8. The summed E-state index contributed by atoms with van der Waals surface area (Å²) in [4.78, 5) is 11.2. The predicted octanol–water partition coefficient (Wildman–Crippen LogP) is 1.27. The van der Waals surface area contributed by atoms with Gasteiger partial charge in [-0.3, -0.25) is 0 Å². The number of rotatable bonds is 9. The van der Waals surface area contributed by atoms with Gasteiger partial charge in [-0.05, 0) is 25.3 Å². The molecule has 0 aliphatic carbocycles. The molecular formula is C15H22O5. The van der Waals surface area contributed by atoms with Gasteiger partial charge in [-0.25, -0.2) is 4.79 Å².